The maximum absolute atomic E-state index is 13.4. The molecule has 3 heteroatoms. The van der Waals surface area contributed by atoms with Gasteiger partial charge in [-0.15, -0.1) is 0 Å². The fraction of sp³-hybridized carbons (Fsp3) is 0.182. The zero-order valence-corrected chi connectivity index (χ0v) is 7.80. The molecule has 1 aromatic heterocycles. The molecule has 0 spiro atoms. The molecular weight excluding hydrogens is 181 g/mol. The molecule has 0 fully saturated rings. The summed E-state index contributed by atoms with van der Waals surface area (Å²) in [6.45, 7) is 1.93. The Kier molecular flexibility index (Phi) is 2.08. The van der Waals surface area contributed by atoms with Crippen molar-refractivity contribution in [2.75, 3.05) is 0 Å². The smallest absolute Gasteiger partial charge is 0.189 e. The van der Waals surface area contributed by atoms with Crippen LogP contribution in [0.3, 0.4) is 0 Å². The van der Waals surface area contributed by atoms with Crippen molar-refractivity contribution >= 4 is 10.9 Å². The highest BCUT2D eigenvalue weighted by Gasteiger charge is 2.05. The van der Waals surface area contributed by atoms with Gasteiger partial charge in [0.05, 0.1) is 5.52 Å². The molecule has 0 unspecified atom stereocenters. The average molecular weight is 191 g/mol. The van der Waals surface area contributed by atoms with Crippen LogP contribution in [0.5, 0.6) is 0 Å². The first-order valence-electron chi connectivity index (χ1n) is 4.52. The number of aromatic amines is 1. The van der Waals surface area contributed by atoms with Gasteiger partial charge in [0.25, 0.3) is 0 Å². The molecule has 0 aliphatic heterocycles. The van der Waals surface area contributed by atoms with E-state index in [0.717, 1.165) is 12.0 Å². The van der Waals surface area contributed by atoms with Gasteiger partial charge in [0.15, 0.2) is 5.43 Å². The minimum Gasteiger partial charge on any atom is -0.359 e. The second kappa shape index (κ2) is 3.25. The summed E-state index contributed by atoms with van der Waals surface area (Å²) in [5, 5.41) is 0.421. The summed E-state index contributed by atoms with van der Waals surface area (Å²) in [7, 11) is 0. The predicted molar refractivity (Wildman–Crippen MR) is 53.9 cm³/mol. The van der Waals surface area contributed by atoms with E-state index < -0.39 is 0 Å². The van der Waals surface area contributed by atoms with Crippen LogP contribution in [-0.4, -0.2) is 4.98 Å². The lowest BCUT2D eigenvalue weighted by molar-refractivity contribution is 0.634. The highest BCUT2D eigenvalue weighted by atomic mass is 19.1. The number of nitrogens with one attached hydrogen (secondary N) is 1. The number of H-pyrrole nitrogens is 1. The number of hydrogen-bond acceptors (Lipinski definition) is 1. The standard InChI is InChI=1S/C11H10FNO/c1-2-7-5-8-10(14)3-4-13-11(8)9(12)6-7/h3-6H,2H2,1H3,(H,13,14). The zero-order valence-electron chi connectivity index (χ0n) is 7.80. The van der Waals surface area contributed by atoms with Crippen LogP contribution < -0.4 is 5.43 Å². The van der Waals surface area contributed by atoms with Crippen LogP contribution in [-0.2, 0) is 6.42 Å². The largest absolute Gasteiger partial charge is 0.359 e. The van der Waals surface area contributed by atoms with Gasteiger partial charge in [-0.25, -0.2) is 4.39 Å². The van der Waals surface area contributed by atoms with Gasteiger partial charge in [-0.1, -0.05) is 6.92 Å². The summed E-state index contributed by atoms with van der Waals surface area (Å²) in [6.07, 6.45) is 2.18. The normalized spacial score (nSPS) is 10.7. The van der Waals surface area contributed by atoms with E-state index in [9.17, 15) is 9.18 Å². The number of pyridine rings is 1. The van der Waals surface area contributed by atoms with Crippen molar-refractivity contribution in [3.63, 3.8) is 0 Å². The zero-order chi connectivity index (χ0) is 10.1. The predicted octanol–water partition coefficient (Wildman–Crippen LogP) is 2.23. The van der Waals surface area contributed by atoms with Gasteiger partial charge in [-0.3, -0.25) is 4.79 Å². The van der Waals surface area contributed by atoms with E-state index in [1.54, 1.807) is 6.07 Å². The molecule has 2 aromatic rings. The van der Waals surface area contributed by atoms with Crippen LogP contribution in [0.15, 0.2) is 29.2 Å². The number of aryl methyl sites for hydroxylation is 1. The Morgan fingerprint density at radius 3 is 2.93 bits per heavy atom. The van der Waals surface area contributed by atoms with Crippen LogP contribution in [0.4, 0.5) is 4.39 Å². The van der Waals surface area contributed by atoms with Crippen molar-refractivity contribution in [3.05, 3.63) is 46.0 Å². The Morgan fingerprint density at radius 2 is 2.21 bits per heavy atom. The molecule has 0 atom stereocenters. The fourth-order valence-electron chi connectivity index (χ4n) is 1.50. The summed E-state index contributed by atoms with van der Waals surface area (Å²) in [4.78, 5) is 14.1. The minimum absolute atomic E-state index is 0.145. The quantitative estimate of drug-likeness (QED) is 0.736. The van der Waals surface area contributed by atoms with Crippen molar-refractivity contribution in [3.8, 4) is 0 Å². The Morgan fingerprint density at radius 1 is 1.43 bits per heavy atom. The van der Waals surface area contributed by atoms with Crippen LogP contribution >= 0.6 is 0 Å². The van der Waals surface area contributed by atoms with E-state index in [4.69, 9.17) is 0 Å². The molecule has 0 saturated carbocycles. The Labute approximate surface area is 80.4 Å². The number of aromatic nitrogens is 1. The van der Waals surface area contributed by atoms with Gasteiger partial charge in [0, 0.05) is 17.6 Å². The van der Waals surface area contributed by atoms with Gasteiger partial charge in [0.2, 0.25) is 0 Å². The Hall–Kier alpha value is -1.64. The van der Waals surface area contributed by atoms with Crippen LogP contribution in [0.2, 0.25) is 0 Å². The minimum atomic E-state index is -0.364. The summed E-state index contributed by atoms with van der Waals surface area (Å²) in [6, 6.07) is 4.59. The maximum atomic E-state index is 13.4. The van der Waals surface area contributed by atoms with Crippen molar-refractivity contribution in [2.24, 2.45) is 0 Å². The molecule has 0 aliphatic carbocycles. The first-order chi connectivity index (χ1) is 6.72. The molecule has 1 N–H and O–H groups in total. The molecule has 0 amide bonds. The highest BCUT2D eigenvalue weighted by molar-refractivity contribution is 5.79. The molecule has 1 aromatic carbocycles. The highest BCUT2D eigenvalue weighted by Crippen LogP contribution is 2.14. The van der Waals surface area contributed by atoms with Crippen LogP contribution in [0.1, 0.15) is 12.5 Å². The van der Waals surface area contributed by atoms with Gasteiger partial charge in [-0.05, 0) is 24.1 Å². The number of halogens is 1. The number of fused-ring (bicyclic) bond motifs is 1. The third-order valence-corrected chi connectivity index (χ3v) is 2.29. The lowest BCUT2D eigenvalue weighted by atomic mass is 10.1. The third kappa shape index (κ3) is 1.31. The van der Waals surface area contributed by atoms with E-state index in [0.29, 0.717) is 5.39 Å². The molecule has 0 saturated heterocycles. The van der Waals surface area contributed by atoms with E-state index in [2.05, 4.69) is 4.98 Å². The van der Waals surface area contributed by atoms with Gasteiger partial charge < -0.3 is 4.98 Å². The maximum Gasteiger partial charge on any atom is 0.189 e. The lowest BCUT2D eigenvalue weighted by Gasteiger charge is -2.01. The van der Waals surface area contributed by atoms with E-state index >= 15 is 0 Å². The molecule has 0 aliphatic rings. The average Bonchev–Trinajstić information content (AvgIpc) is 2.19. The van der Waals surface area contributed by atoms with Gasteiger partial charge >= 0.3 is 0 Å². The molecule has 2 rings (SSSR count). The topological polar surface area (TPSA) is 32.9 Å². The van der Waals surface area contributed by atoms with E-state index in [1.807, 2.05) is 6.92 Å². The summed E-state index contributed by atoms with van der Waals surface area (Å²) in [5.41, 5.74) is 0.981. The second-order valence-corrected chi connectivity index (χ2v) is 3.20. The van der Waals surface area contributed by atoms with Crippen molar-refractivity contribution < 1.29 is 4.39 Å². The first kappa shape index (κ1) is 8.94. The third-order valence-electron chi connectivity index (χ3n) is 2.29. The molecular formula is C11H10FNO. The van der Waals surface area contributed by atoms with Gasteiger partial charge in [-0.2, -0.15) is 0 Å². The number of rotatable bonds is 1. The Balaban J connectivity index is 2.91. The molecule has 1 heterocycles. The number of benzene rings is 1. The lowest BCUT2D eigenvalue weighted by Crippen LogP contribution is -2.02. The van der Waals surface area contributed by atoms with Crippen LogP contribution in [0.25, 0.3) is 10.9 Å². The van der Waals surface area contributed by atoms with E-state index in [-0.39, 0.29) is 16.8 Å². The van der Waals surface area contributed by atoms with Crippen LogP contribution in [0, 0.1) is 5.82 Å². The van der Waals surface area contributed by atoms with Crippen molar-refractivity contribution in [1.82, 2.24) is 4.98 Å². The second-order valence-electron chi connectivity index (χ2n) is 3.20. The fourth-order valence-corrected chi connectivity index (χ4v) is 1.50. The Bertz CT molecular complexity index is 530. The first-order valence-corrected chi connectivity index (χ1v) is 4.52. The molecule has 0 radical (unpaired) electrons. The van der Waals surface area contributed by atoms with Gasteiger partial charge in [0.1, 0.15) is 5.82 Å². The summed E-state index contributed by atoms with van der Waals surface area (Å²) >= 11 is 0. The molecule has 0 bridgehead atoms. The SMILES string of the molecule is CCc1cc(F)c2[nH]ccc(=O)c2c1. The van der Waals surface area contributed by atoms with Crippen molar-refractivity contribution in [1.29, 1.82) is 0 Å². The summed E-state index contributed by atoms with van der Waals surface area (Å²) in [5.74, 6) is -0.364. The van der Waals surface area contributed by atoms with E-state index in [1.165, 1.54) is 18.3 Å². The number of hydrogen-bond donors (Lipinski definition) is 1. The molecule has 14 heavy (non-hydrogen) atoms. The monoisotopic (exact) mass is 191 g/mol. The molecule has 72 valence electrons. The molecule has 2 nitrogen and oxygen atoms in total. The van der Waals surface area contributed by atoms with Crippen molar-refractivity contribution in [2.45, 2.75) is 13.3 Å². The summed E-state index contributed by atoms with van der Waals surface area (Å²) < 4.78 is 13.4.